The molecule has 0 aromatic carbocycles. The first kappa shape index (κ1) is 12.3. The van der Waals surface area contributed by atoms with Crippen molar-refractivity contribution in [2.45, 2.75) is 38.6 Å². The molecule has 1 fully saturated rings. The minimum absolute atomic E-state index is 0.0499. The van der Waals surface area contributed by atoms with Crippen LogP contribution in [-0.4, -0.2) is 43.3 Å². The summed E-state index contributed by atoms with van der Waals surface area (Å²) in [6.07, 6.45) is 3.24. The highest BCUT2D eigenvalue weighted by molar-refractivity contribution is 5.75. The minimum atomic E-state index is 0.0499. The Bertz CT molecular complexity index is 221. The molecule has 0 aliphatic carbocycles. The van der Waals surface area contributed by atoms with Crippen LogP contribution >= 0.6 is 0 Å². The van der Waals surface area contributed by atoms with Crippen molar-refractivity contribution in [1.82, 2.24) is 10.2 Å². The molecule has 0 radical (unpaired) electrons. The van der Waals surface area contributed by atoms with Crippen LogP contribution in [-0.2, 0) is 4.74 Å². The van der Waals surface area contributed by atoms with Crippen molar-refractivity contribution in [2.24, 2.45) is 0 Å². The van der Waals surface area contributed by atoms with E-state index in [4.69, 9.17) is 4.74 Å². The van der Waals surface area contributed by atoms with E-state index < -0.39 is 0 Å². The Balaban J connectivity index is 2.44. The molecule has 0 bridgehead atoms. The van der Waals surface area contributed by atoms with Gasteiger partial charge in [0.15, 0.2) is 0 Å². The normalized spacial score (nSPS) is 25.7. The van der Waals surface area contributed by atoms with Gasteiger partial charge in [0.25, 0.3) is 0 Å². The summed E-state index contributed by atoms with van der Waals surface area (Å²) < 4.78 is 4.90. The largest absolute Gasteiger partial charge is 0.383 e. The van der Waals surface area contributed by atoms with Crippen LogP contribution in [0.25, 0.3) is 0 Å². The second kappa shape index (κ2) is 5.35. The molecule has 1 saturated heterocycles. The number of rotatable bonds is 4. The quantitative estimate of drug-likeness (QED) is 0.722. The van der Waals surface area contributed by atoms with Crippen LogP contribution in [0.3, 0.4) is 0 Å². The van der Waals surface area contributed by atoms with Gasteiger partial charge in [-0.1, -0.05) is 6.92 Å². The third-order valence-electron chi connectivity index (χ3n) is 3.34. The number of methoxy groups -OCH3 is 1. The monoisotopic (exact) mass is 214 g/mol. The Kier molecular flexibility index (Phi) is 4.39. The first-order valence-electron chi connectivity index (χ1n) is 5.68. The third kappa shape index (κ3) is 2.84. The van der Waals surface area contributed by atoms with Crippen LogP contribution in [0.4, 0.5) is 4.79 Å². The fraction of sp³-hybridized carbons (Fsp3) is 0.909. The molecule has 0 spiro atoms. The lowest BCUT2D eigenvalue weighted by Gasteiger charge is -2.34. The van der Waals surface area contributed by atoms with E-state index in [0.29, 0.717) is 13.2 Å². The number of nitrogens with one attached hydrogen (secondary N) is 1. The molecule has 88 valence electrons. The standard InChI is InChI=1S/C11H22N2O2/c1-4-11(2)6-5-8-13(11)10(14)12-7-9-15-3/h4-9H2,1-3H3,(H,12,14)/t11-/m1/s1. The first-order valence-corrected chi connectivity index (χ1v) is 5.68. The summed E-state index contributed by atoms with van der Waals surface area (Å²) in [6, 6.07) is 0.0499. The minimum Gasteiger partial charge on any atom is -0.383 e. The molecule has 1 atom stereocenters. The lowest BCUT2D eigenvalue weighted by Crippen LogP contribution is -2.49. The molecule has 0 aromatic rings. The van der Waals surface area contributed by atoms with E-state index in [-0.39, 0.29) is 11.6 Å². The van der Waals surface area contributed by atoms with E-state index in [2.05, 4.69) is 19.2 Å². The zero-order valence-corrected chi connectivity index (χ0v) is 10.0. The molecule has 0 unspecified atom stereocenters. The van der Waals surface area contributed by atoms with Gasteiger partial charge >= 0.3 is 6.03 Å². The van der Waals surface area contributed by atoms with Gasteiger partial charge in [-0.25, -0.2) is 4.79 Å². The van der Waals surface area contributed by atoms with Gasteiger partial charge in [0.1, 0.15) is 0 Å². The van der Waals surface area contributed by atoms with Gasteiger partial charge in [-0.05, 0) is 26.2 Å². The molecule has 1 rings (SSSR count). The van der Waals surface area contributed by atoms with E-state index in [0.717, 1.165) is 25.8 Å². The topological polar surface area (TPSA) is 41.6 Å². The number of likely N-dealkylation sites (tertiary alicyclic amines) is 1. The second-order valence-electron chi connectivity index (χ2n) is 4.33. The van der Waals surface area contributed by atoms with E-state index in [1.165, 1.54) is 0 Å². The Morgan fingerprint density at radius 2 is 2.33 bits per heavy atom. The molecule has 4 nitrogen and oxygen atoms in total. The average Bonchev–Trinajstić information content (AvgIpc) is 2.61. The van der Waals surface area contributed by atoms with Crippen molar-refractivity contribution in [3.05, 3.63) is 0 Å². The molecule has 1 aliphatic rings. The predicted molar refractivity (Wildman–Crippen MR) is 59.9 cm³/mol. The van der Waals surface area contributed by atoms with E-state index >= 15 is 0 Å². The Labute approximate surface area is 92.0 Å². The summed E-state index contributed by atoms with van der Waals surface area (Å²) in [6.45, 7) is 6.34. The highest BCUT2D eigenvalue weighted by Gasteiger charge is 2.37. The van der Waals surface area contributed by atoms with Crippen LogP contribution in [0.2, 0.25) is 0 Å². The second-order valence-corrected chi connectivity index (χ2v) is 4.33. The van der Waals surface area contributed by atoms with Gasteiger partial charge in [0, 0.05) is 25.7 Å². The number of carbonyl (C=O) groups is 1. The summed E-state index contributed by atoms with van der Waals surface area (Å²) in [4.78, 5) is 13.8. The summed E-state index contributed by atoms with van der Waals surface area (Å²) in [5, 5.41) is 2.88. The summed E-state index contributed by atoms with van der Waals surface area (Å²) >= 11 is 0. The molecule has 1 heterocycles. The van der Waals surface area contributed by atoms with Gasteiger partial charge in [-0.2, -0.15) is 0 Å². The van der Waals surface area contributed by atoms with Crippen LogP contribution in [0.1, 0.15) is 33.1 Å². The number of carbonyl (C=O) groups excluding carboxylic acids is 1. The highest BCUT2D eigenvalue weighted by Crippen LogP contribution is 2.31. The van der Waals surface area contributed by atoms with Gasteiger partial charge in [-0.3, -0.25) is 0 Å². The van der Waals surface area contributed by atoms with Crippen molar-refractivity contribution in [2.75, 3.05) is 26.8 Å². The van der Waals surface area contributed by atoms with Crippen LogP contribution in [0.15, 0.2) is 0 Å². The summed E-state index contributed by atoms with van der Waals surface area (Å²) in [5.74, 6) is 0. The summed E-state index contributed by atoms with van der Waals surface area (Å²) in [5.41, 5.74) is 0.0527. The van der Waals surface area contributed by atoms with Gasteiger partial charge in [0.05, 0.1) is 6.61 Å². The first-order chi connectivity index (χ1) is 7.14. The van der Waals surface area contributed by atoms with Gasteiger partial charge in [0.2, 0.25) is 0 Å². The van der Waals surface area contributed by atoms with E-state index in [1.54, 1.807) is 7.11 Å². The molecule has 1 N–H and O–H groups in total. The lowest BCUT2D eigenvalue weighted by atomic mass is 9.96. The van der Waals surface area contributed by atoms with Crippen molar-refractivity contribution in [1.29, 1.82) is 0 Å². The number of nitrogens with zero attached hydrogens (tertiary/aromatic N) is 1. The maximum absolute atomic E-state index is 11.9. The molecular weight excluding hydrogens is 192 g/mol. The maximum atomic E-state index is 11.9. The third-order valence-corrected chi connectivity index (χ3v) is 3.34. The Morgan fingerprint density at radius 3 is 2.93 bits per heavy atom. The maximum Gasteiger partial charge on any atom is 0.317 e. The summed E-state index contributed by atoms with van der Waals surface area (Å²) in [7, 11) is 1.64. The van der Waals surface area contributed by atoms with Crippen LogP contribution in [0, 0.1) is 0 Å². The van der Waals surface area contributed by atoms with E-state index in [1.807, 2.05) is 4.90 Å². The van der Waals surface area contributed by atoms with E-state index in [9.17, 15) is 4.79 Å². The molecule has 2 amide bonds. The molecule has 0 saturated carbocycles. The molecular formula is C11H22N2O2. The van der Waals surface area contributed by atoms with Crippen LogP contribution in [0.5, 0.6) is 0 Å². The van der Waals surface area contributed by atoms with Crippen molar-refractivity contribution in [3.8, 4) is 0 Å². The average molecular weight is 214 g/mol. The zero-order chi connectivity index (χ0) is 11.3. The molecule has 1 aliphatic heterocycles. The number of hydrogen-bond acceptors (Lipinski definition) is 2. The van der Waals surface area contributed by atoms with Crippen molar-refractivity contribution < 1.29 is 9.53 Å². The fourth-order valence-electron chi connectivity index (χ4n) is 2.09. The zero-order valence-electron chi connectivity index (χ0n) is 10.0. The lowest BCUT2D eigenvalue weighted by molar-refractivity contribution is 0.146. The number of amides is 2. The molecule has 0 aromatic heterocycles. The Morgan fingerprint density at radius 1 is 1.60 bits per heavy atom. The number of ether oxygens (including phenoxy) is 1. The SMILES string of the molecule is CC[C@]1(C)CCCN1C(=O)NCCOC. The number of urea groups is 1. The Hall–Kier alpha value is -0.770. The molecule has 4 heteroatoms. The number of hydrogen-bond donors (Lipinski definition) is 1. The smallest absolute Gasteiger partial charge is 0.317 e. The van der Waals surface area contributed by atoms with Gasteiger partial charge < -0.3 is 15.0 Å². The van der Waals surface area contributed by atoms with Crippen molar-refractivity contribution in [3.63, 3.8) is 0 Å². The van der Waals surface area contributed by atoms with Crippen molar-refractivity contribution >= 4 is 6.03 Å². The highest BCUT2D eigenvalue weighted by atomic mass is 16.5. The fourth-order valence-corrected chi connectivity index (χ4v) is 2.09. The molecule has 15 heavy (non-hydrogen) atoms. The predicted octanol–water partition coefficient (Wildman–Crippen LogP) is 1.61. The van der Waals surface area contributed by atoms with Gasteiger partial charge in [-0.15, -0.1) is 0 Å². The van der Waals surface area contributed by atoms with Crippen LogP contribution < -0.4 is 5.32 Å².